The van der Waals surface area contributed by atoms with Crippen molar-refractivity contribution in [3.8, 4) is 0 Å². The number of hydrogen-bond donors (Lipinski definition) is 1. The average molecular weight is 249 g/mol. The maximum absolute atomic E-state index is 10.4. The Morgan fingerprint density at radius 2 is 2.00 bits per heavy atom. The maximum Gasteiger partial charge on any atom is 0.303 e. The van der Waals surface area contributed by atoms with Gasteiger partial charge in [0.1, 0.15) is 0 Å². The van der Waals surface area contributed by atoms with E-state index in [1.54, 1.807) is 0 Å². The van der Waals surface area contributed by atoms with Gasteiger partial charge < -0.3 is 10.0 Å². The number of carboxylic acid groups (broad SMARTS) is 1. The van der Waals surface area contributed by atoms with Gasteiger partial charge in [0.05, 0.1) is 0 Å². The summed E-state index contributed by atoms with van der Waals surface area (Å²) in [5, 5.41) is 8.58. The Kier molecular flexibility index (Phi) is 5.86. The number of hydrogen-bond acceptors (Lipinski definition) is 2. The van der Waals surface area contributed by atoms with Gasteiger partial charge in [0, 0.05) is 13.0 Å². The molecule has 0 aliphatic rings. The molecule has 1 rings (SSSR count). The van der Waals surface area contributed by atoms with Crippen LogP contribution in [0.5, 0.6) is 0 Å². The summed E-state index contributed by atoms with van der Waals surface area (Å²) < 4.78 is 0. The molecule has 1 aromatic carbocycles. The van der Waals surface area contributed by atoms with Crippen molar-refractivity contribution in [3.05, 3.63) is 34.9 Å². The molecule has 0 bridgehead atoms. The largest absolute Gasteiger partial charge is 0.481 e. The quantitative estimate of drug-likeness (QED) is 0.807. The van der Waals surface area contributed by atoms with Crippen LogP contribution in [0.25, 0.3) is 0 Å². The minimum absolute atomic E-state index is 0.258. The van der Waals surface area contributed by atoms with Gasteiger partial charge in [-0.1, -0.05) is 23.8 Å². The van der Waals surface area contributed by atoms with E-state index < -0.39 is 5.97 Å². The van der Waals surface area contributed by atoms with Crippen molar-refractivity contribution in [1.82, 2.24) is 4.90 Å². The highest BCUT2D eigenvalue weighted by molar-refractivity contribution is 5.66. The van der Waals surface area contributed by atoms with Crippen LogP contribution in [-0.4, -0.2) is 36.1 Å². The summed E-state index contributed by atoms with van der Waals surface area (Å²) in [6.45, 7) is 6.07. The van der Waals surface area contributed by atoms with Crippen molar-refractivity contribution in [2.24, 2.45) is 0 Å². The maximum atomic E-state index is 10.4. The second-order valence-electron chi connectivity index (χ2n) is 4.98. The Hall–Kier alpha value is -1.35. The third-order valence-corrected chi connectivity index (χ3v) is 3.20. The first-order chi connectivity index (χ1) is 8.49. The second-order valence-corrected chi connectivity index (χ2v) is 4.98. The molecule has 0 saturated heterocycles. The topological polar surface area (TPSA) is 40.5 Å². The van der Waals surface area contributed by atoms with E-state index in [9.17, 15) is 4.79 Å². The molecule has 0 aromatic heterocycles. The van der Waals surface area contributed by atoms with Gasteiger partial charge in [0.15, 0.2) is 0 Å². The first kappa shape index (κ1) is 14.7. The van der Waals surface area contributed by atoms with Crippen LogP contribution in [0, 0.1) is 13.8 Å². The fourth-order valence-electron chi connectivity index (χ4n) is 1.99. The summed E-state index contributed by atoms with van der Waals surface area (Å²) in [7, 11) is 2.05. The molecule has 1 aromatic rings. The molecule has 0 heterocycles. The Balaban J connectivity index is 2.35. The van der Waals surface area contributed by atoms with Crippen LogP contribution in [0.3, 0.4) is 0 Å². The van der Waals surface area contributed by atoms with Crippen LogP contribution >= 0.6 is 0 Å². The first-order valence-corrected chi connectivity index (χ1v) is 6.45. The van der Waals surface area contributed by atoms with Gasteiger partial charge in [-0.2, -0.15) is 0 Å². The fraction of sp³-hybridized carbons (Fsp3) is 0.533. The molecule has 0 saturated carbocycles. The smallest absolute Gasteiger partial charge is 0.303 e. The second kappa shape index (κ2) is 7.17. The zero-order valence-electron chi connectivity index (χ0n) is 11.6. The summed E-state index contributed by atoms with van der Waals surface area (Å²) in [4.78, 5) is 12.6. The van der Waals surface area contributed by atoms with Crippen molar-refractivity contribution >= 4 is 5.97 Å². The van der Waals surface area contributed by atoms with Crippen LogP contribution in [0.2, 0.25) is 0 Å². The molecule has 0 fully saturated rings. The van der Waals surface area contributed by atoms with E-state index in [-0.39, 0.29) is 6.42 Å². The lowest BCUT2D eigenvalue weighted by Crippen LogP contribution is -2.23. The Morgan fingerprint density at radius 3 is 2.67 bits per heavy atom. The van der Waals surface area contributed by atoms with E-state index >= 15 is 0 Å². The molecule has 0 aliphatic heterocycles. The number of rotatable bonds is 7. The zero-order valence-corrected chi connectivity index (χ0v) is 11.6. The molecule has 18 heavy (non-hydrogen) atoms. The average Bonchev–Trinajstić information content (AvgIpc) is 2.30. The molecule has 0 radical (unpaired) electrons. The molecule has 3 heteroatoms. The zero-order chi connectivity index (χ0) is 13.5. The fourth-order valence-corrected chi connectivity index (χ4v) is 1.99. The monoisotopic (exact) mass is 249 g/mol. The van der Waals surface area contributed by atoms with Crippen molar-refractivity contribution < 1.29 is 9.90 Å². The molecule has 0 spiro atoms. The number of carboxylic acids is 1. The number of aryl methyl sites for hydroxylation is 2. The molecule has 0 amide bonds. The minimum Gasteiger partial charge on any atom is -0.481 e. The van der Waals surface area contributed by atoms with Crippen LogP contribution in [0.1, 0.15) is 29.5 Å². The lowest BCUT2D eigenvalue weighted by Gasteiger charge is -2.17. The number of aliphatic carboxylic acids is 1. The van der Waals surface area contributed by atoms with Crippen LogP contribution in [0.4, 0.5) is 0 Å². The SMILES string of the molecule is Cc1ccc(C)c(CCN(C)CCCC(=O)O)c1. The summed E-state index contributed by atoms with van der Waals surface area (Å²) in [6.07, 6.45) is 2.00. The predicted octanol–water partition coefficient (Wildman–Crippen LogP) is 2.64. The summed E-state index contributed by atoms with van der Waals surface area (Å²) >= 11 is 0. The Labute approximate surface area is 109 Å². The molecule has 0 atom stereocenters. The van der Waals surface area contributed by atoms with E-state index in [2.05, 4.69) is 36.9 Å². The van der Waals surface area contributed by atoms with E-state index in [0.717, 1.165) is 25.9 Å². The molecule has 3 nitrogen and oxygen atoms in total. The van der Waals surface area contributed by atoms with Crippen LogP contribution < -0.4 is 0 Å². The molecular formula is C15H23NO2. The molecule has 0 aliphatic carbocycles. The number of nitrogens with zero attached hydrogens (tertiary/aromatic N) is 1. The van der Waals surface area contributed by atoms with Gasteiger partial charge in [-0.15, -0.1) is 0 Å². The van der Waals surface area contributed by atoms with E-state index in [0.29, 0.717) is 0 Å². The van der Waals surface area contributed by atoms with Gasteiger partial charge in [-0.05, 0) is 51.4 Å². The normalized spacial score (nSPS) is 10.9. The Morgan fingerprint density at radius 1 is 1.28 bits per heavy atom. The first-order valence-electron chi connectivity index (χ1n) is 6.45. The van der Waals surface area contributed by atoms with Gasteiger partial charge in [0.2, 0.25) is 0 Å². The Bertz CT molecular complexity index is 401. The highest BCUT2D eigenvalue weighted by atomic mass is 16.4. The molecular weight excluding hydrogens is 226 g/mol. The van der Waals surface area contributed by atoms with Crippen molar-refractivity contribution in [3.63, 3.8) is 0 Å². The van der Waals surface area contributed by atoms with E-state index in [1.807, 2.05) is 7.05 Å². The standard InChI is InChI=1S/C15H23NO2/c1-12-6-7-13(2)14(11-12)8-10-16(3)9-4-5-15(17)18/h6-7,11H,4-5,8-10H2,1-3H3,(H,17,18). The minimum atomic E-state index is -0.710. The highest BCUT2D eigenvalue weighted by Gasteiger charge is 2.04. The molecule has 100 valence electrons. The van der Waals surface area contributed by atoms with Crippen molar-refractivity contribution in [2.45, 2.75) is 33.1 Å². The lowest BCUT2D eigenvalue weighted by atomic mass is 10.0. The van der Waals surface area contributed by atoms with Crippen molar-refractivity contribution in [1.29, 1.82) is 0 Å². The number of carbonyl (C=O) groups is 1. The van der Waals surface area contributed by atoms with Crippen LogP contribution in [0.15, 0.2) is 18.2 Å². The highest BCUT2D eigenvalue weighted by Crippen LogP contribution is 2.11. The van der Waals surface area contributed by atoms with Gasteiger partial charge in [-0.25, -0.2) is 0 Å². The van der Waals surface area contributed by atoms with Gasteiger partial charge >= 0.3 is 5.97 Å². The molecule has 0 unspecified atom stereocenters. The van der Waals surface area contributed by atoms with E-state index in [4.69, 9.17) is 5.11 Å². The summed E-state index contributed by atoms with van der Waals surface area (Å²) in [5.74, 6) is -0.710. The van der Waals surface area contributed by atoms with Crippen molar-refractivity contribution in [2.75, 3.05) is 20.1 Å². The summed E-state index contributed by atoms with van der Waals surface area (Å²) in [5.41, 5.74) is 4.02. The van der Waals surface area contributed by atoms with Crippen LogP contribution in [-0.2, 0) is 11.2 Å². The lowest BCUT2D eigenvalue weighted by molar-refractivity contribution is -0.137. The van der Waals surface area contributed by atoms with Gasteiger partial charge in [0.25, 0.3) is 0 Å². The molecule has 1 N–H and O–H groups in total. The predicted molar refractivity (Wildman–Crippen MR) is 74.0 cm³/mol. The number of likely N-dealkylation sites (N-methyl/N-ethyl adjacent to an activating group) is 1. The third kappa shape index (κ3) is 5.32. The summed E-state index contributed by atoms with van der Waals surface area (Å²) in [6, 6.07) is 6.53. The van der Waals surface area contributed by atoms with Gasteiger partial charge in [-0.3, -0.25) is 4.79 Å². The number of benzene rings is 1. The van der Waals surface area contributed by atoms with E-state index in [1.165, 1.54) is 16.7 Å². The third-order valence-electron chi connectivity index (χ3n) is 3.20.